The summed E-state index contributed by atoms with van der Waals surface area (Å²) in [6.07, 6.45) is 0. The van der Waals surface area contributed by atoms with Crippen LogP contribution in [-0.2, 0) is 9.59 Å². The third kappa shape index (κ3) is 3.72. The molecule has 0 heterocycles. The highest BCUT2D eigenvalue weighted by Gasteiger charge is 2.15. The zero-order valence-electron chi connectivity index (χ0n) is 13.6. The first-order chi connectivity index (χ1) is 12.0. The lowest BCUT2D eigenvalue weighted by atomic mass is 10.1. The molecule has 0 aliphatic heterocycles. The van der Waals surface area contributed by atoms with E-state index < -0.39 is 11.8 Å². The van der Waals surface area contributed by atoms with Crippen LogP contribution < -0.4 is 10.6 Å². The van der Waals surface area contributed by atoms with Gasteiger partial charge in [-0.05, 0) is 42.6 Å². The van der Waals surface area contributed by atoms with Gasteiger partial charge in [-0.25, -0.2) is 0 Å². The molecule has 3 rings (SSSR count). The predicted octanol–water partition coefficient (Wildman–Crippen LogP) is 3.62. The Hall–Kier alpha value is -3.47. The van der Waals surface area contributed by atoms with Crippen LogP contribution in [0.2, 0.25) is 0 Å². The molecule has 2 amide bonds. The lowest BCUT2D eigenvalue weighted by Crippen LogP contribution is -2.29. The molecule has 0 radical (unpaired) electrons. The molecule has 0 fully saturated rings. The van der Waals surface area contributed by atoms with Crippen LogP contribution in [0.25, 0.3) is 10.8 Å². The first kappa shape index (κ1) is 16.4. The van der Waals surface area contributed by atoms with Gasteiger partial charge in [0, 0.05) is 22.3 Å². The Morgan fingerprint density at radius 3 is 2.08 bits per heavy atom. The number of nitrogens with one attached hydrogen (secondary N) is 2. The van der Waals surface area contributed by atoms with Gasteiger partial charge in [0.05, 0.1) is 0 Å². The summed E-state index contributed by atoms with van der Waals surface area (Å²) >= 11 is 0. The lowest BCUT2D eigenvalue weighted by molar-refractivity contribution is -0.132. The summed E-state index contributed by atoms with van der Waals surface area (Å²) in [6.45, 7) is 1.46. The fourth-order valence-corrected chi connectivity index (χ4v) is 2.49. The maximum atomic E-state index is 12.2. The first-order valence-corrected chi connectivity index (χ1v) is 7.76. The van der Waals surface area contributed by atoms with Gasteiger partial charge in [0.15, 0.2) is 5.78 Å². The van der Waals surface area contributed by atoms with E-state index in [9.17, 15) is 14.4 Å². The fraction of sp³-hybridized carbons (Fsp3) is 0.0500. The predicted molar refractivity (Wildman–Crippen MR) is 97.7 cm³/mol. The fourth-order valence-electron chi connectivity index (χ4n) is 2.49. The van der Waals surface area contributed by atoms with Crippen LogP contribution in [-0.4, -0.2) is 17.6 Å². The van der Waals surface area contributed by atoms with Crippen LogP contribution in [0, 0.1) is 0 Å². The molecule has 0 aliphatic carbocycles. The molecule has 3 aromatic rings. The quantitative estimate of drug-likeness (QED) is 0.568. The van der Waals surface area contributed by atoms with Crippen molar-refractivity contribution >= 4 is 39.7 Å². The van der Waals surface area contributed by atoms with E-state index in [0.717, 1.165) is 10.8 Å². The van der Waals surface area contributed by atoms with Crippen molar-refractivity contribution < 1.29 is 14.4 Å². The summed E-state index contributed by atoms with van der Waals surface area (Å²) in [7, 11) is 0. The lowest BCUT2D eigenvalue weighted by Gasteiger charge is -2.09. The Morgan fingerprint density at radius 2 is 1.36 bits per heavy atom. The number of anilines is 2. The molecule has 124 valence electrons. The molecule has 0 unspecified atom stereocenters. The number of carbonyl (C=O) groups is 3. The molecular weight excluding hydrogens is 316 g/mol. The van der Waals surface area contributed by atoms with E-state index in [4.69, 9.17) is 0 Å². The topological polar surface area (TPSA) is 75.3 Å². The first-order valence-electron chi connectivity index (χ1n) is 7.76. The Balaban J connectivity index is 1.72. The van der Waals surface area contributed by atoms with Gasteiger partial charge in [-0.1, -0.05) is 36.4 Å². The third-order valence-electron chi connectivity index (χ3n) is 3.79. The summed E-state index contributed by atoms with van der Waals surface area (Å²) in [5, 5.41) is 6.97. The van der Waals surface area contributed by atoms with Crippen LogP contribution in [0.1, 0.15) is 17.3 Å². The van der Waals surface area contributed by atoms with Gasteiger partial charge in [0.25, 0.3) is 0 Å². The van der Waals surface area contributed by atoms with Gasteiger partial charge in [-0.3, -0.25) is 14.4 Å². The van der Waals surface area contributed by atoms with Crippen molar-refractivity contribution in [2.24, 2.45) is 0 Å². The highest BCUT2D eigenvalue weighted by atomic mass is 16.2. The van der Waals surface area contributed by atoms with Crippen molar-refractivity contribution in [2.75, 3.05) is 10.6 Å². The molecule has 25 heavy (non-hydrogen) atoms. The number of amides is 2. The zero-order chi connectivity index (χ0) is 17.8. The maximum absolute atomic E-state index is 12.2. The van der Waals surface area contributed by atoms with Gasteiger partial charge in [0.1, 0.15) is 0 Å². The number of benzene rings is 3. The van der Waals surface area contributed by atoms with Crippen LogP contribution in [0.5, 0.6) is 0 Å². The number of ketones is 1. The normalized spacial score (nSPS) is 10.3. The van der Waals surface area contributed by atoms with Gasteiger partial charge in [0.2, 0.25) is 0 Å². The zero-order valence-corrected chi connectivity index (χ0v) is 13.6. The Kier molecular flexibility index (Phi) is 4.57. The molecule has 0 spiro atoms. The Labute approximate surface area is 144 Å². The second kappa shape index (κ2) is 6.97. The molecule has 5 heteroatoms. The molecule has 0 saturated heterocycles. The molecule has 0 aliphatic rings. The smallest absolute Gasteiger partial charge is 0.314 e. The summed E-state index contributed by atoms with van der Waals surface area (Å²) in [6, 6.07) is 19.4. The van der Waals surface area contributed by atoms with Crippen LogP contribution >= 0.6 is 0 Å². The molecule has 0 atom stereocenters. The average Bonchev–Trinajstić information content (AvgIpc) is 2.62. The van der Waals surface area contributed by atoms with Crippen LogP contribution in [0.4, 0.5) is 11.4 Å². The van der Waals surface area contributed by atoms with E-state index in [1.165, 1.54) is 6.92 Å². The van der Waals surface area contributed by atoms with E-state index in [1.807, 2.05) is 36.4 Å². The summed E-state index contributed by atoms with van der Waals surface area (Å²) in [5.74, 6) is -1.60. The number of hydrogen-bond acceptors (Lipinski definition) is 3. The Bertz CT molecular complexity index is 957. The minimum atomic E-state index is -0.775. The average molecular weight is 332 g/mol. The van der Waals surface area contributed by atoms with Gasteiger partial charge in [-0.2, -0.15) is 0 Å². The SMILES string of the molecule is CC(=O)c1ccc(NC(=O)C(=O)Nc2cccc3ccccc23)cc1. The van der Waals surface area contributed by atoms with E-state index in [1.54, 1.807) is 30.3 Å². The van der Waals surface area contributed by atoms with E-state index in [-0.39, 0.29) is 5.78 Å². The third-order valence-corrected chi connectivity index (χ3v) is 3.79. The van der Waals surface area contributed by atoms with E-state index >= 15 is 0 Å². The minimum absolute atomic E-state index is 0.0634. The molecule has 3 aromatic carbocycles. The number of fused-ring (bicyclic) bond motifs is 1. The Morgan fingerprint density at radius 1 is 0.720 bits per heavy atom. The van der Waals surface area contributed by atoms with Crippen LogP contribution in [0.3, 0.4) is 0 Å². The summed E-state index contributed by atoms with van der Waals surface area (Å²) in [5.41, 5.74) is 1.56. The highest BCUT2D eigenvalue weighted by Crippen LogP contribution is 2.22. The molecule has 5 nitrogen and oxygen atoms in total. The number of Topliss-reactive ketones (excluding diaryl/α,β-unsaturated/α-hetero) is 1. The van der Waals surface area contributed by atoms with E-state index in [0.29, 0.717) is 16.9 Å². The van der Waals surface area contributed by atoms with E-state index in [2.05, 4.69) is 10.6 Å². The molecule has 0 aromatic heterocycles. The minimum Gasteiger partial charge on any atom is -0.318 e. The molecule has 0 saturated carbocycles. The number of hydrogen-bond donors (Lipinski definition) is 2. The van der Waals surface area contributed by atoms with Crippen molar-refractivity contribution in [3.8, 4) is 0 Å². The van der Waals surface area contributed by atoms with Gasteiger partial charge < -0.3 is 10.6 Å². The monoisotopic (exact) mass is 332 g/mol. The molecule has 2 N–H and O–H groups in total. The van der Waals surface area contributed by atoms with Crippen molar-refractivity contribution in [2.45, 2.75) is 6.92 Å². The van der Waals surface area contributed by atoms with Crippen molar-refractivity contribution in [1.82, 2.24) is 0 Å². The van der Waals surface area contributed by atoms with Gasteiger partial charge >= 0.3 is 11.8 Å². The molecular formula is C20H16N2O3. The van der Waals surface area contributed by atoms with Crippen molar-refractivity contribution in [1.29, 1.82) is 0 Å². The number of carbonyl (C=O) groups excluding carboxylic acids is 3. The summed E-state index contributed by atoms with van der Waals surface area (Å²) < 4.78 is 0. The number of rotatable bonds is 3. The second-order valence-electron chi connectivity index (χ2n) is 5.57. The summed E-state index contributed by atoms with van der Waals surface area (Å²) in [4.78, 5) is 35.5. The highest BCUT2D eigenvalue weighted by molar-refractivity contribution is 6.44. The molecule has 0 bridgehead atoms. The van der Waals surface area contributed by atoms with Crippen molar-refractivity contribution in [3.63, 3.8) is 0 Å². The van der Waals surface area contributed by atoms with Crippen LogP contribution in [0.15, 0.2) is 66.7 Å². The van der Waals surface area contributed by atoms with Gasteiger partial charge in [-0.15, -0.1) is 0 Å². The maximum Gasteiger partial charge on any atom is 0.314 e. The second-order valence-corrected chi connectivity index (χ2v) is 5.57. The van der Waals surface area contributed by atoms with Crippen molar-refractivity contribution in [3.05, 3.63) is 72.3 Å². The standard InChI is InChI=1S/C20H16N2O3/c1-13(23)14-9-11-16(12-10-14)21-19(24)20(25)22-18-8-4-6-15-5-2-3-7-17(15)18/h2-12H,1H3,(H,21,24)(H,22,25). The largest absolute Gasteiger partial charge is 0.318 e.